The fourth-order valence-corrected chi connectivity index (χ4v) is 3.50. The number of benzene rings is 1. The molecule has 0 atom stereocenters. The second-order valence-electron chi connectivity index (χ2n) is 4.92. The lowest BCUT2D eigenvalue weighted by molar-refractivity contribution is 0.686. The number of rotatable bonds is 5. The molecule has 0 fully saturated rings. The summed E-state index contributed by atoms with van der Waals surface area (Å²) in [6.07, 6.45) is 2.82. The smallest absolute Gasteiger partial charge is 0.0940 e. The van der Waals surface area contributed by atoms with E-state index < -0.39 is 0 Å². The number of hydrogen-bond donors (Lipinski definition) is 1. The number of nitrogens with zero attached hydrogens (tertiary/aromatic N) is 2. The third kappa shape index (κ3) is 3.48. The Morgan fingerprint density at radius 3 is 3.00 bits per heavy atom. The first-order chi connectivity index (χ1) is 10.2. The van der Waals surface area contributed by atoms with Gasteiger partial charge in [0, 0.05) is 46.6 Å². The van der Waals surface area contributed by atoms with Crippen molar-refractivity contribution < 1.29 is 0 Å². The second-order valence-corrected chi connectivity index (χ2v) is 6.71. The van der Waals surface area contributed by atoms with Crippen molar-refractivity contribution in [2.75, 3.05) is 6.54 Å². The van der Waals surface area contributed by atoms with E-state index in [1.54, 1.807) is 11.3 Å². The van der Waals surface area contributed by atoms with Gasteiger partial charge in [-0.15, -0.1) is 11.3 Å². The summed E-state index contributed by atoms with van der Waals surface area (Å²) in [5, 5.41) is 7.93. The van der Waals surface area contributed by atoms with Gasteiger partial charge in [-0.25, -0.2) is 4.98 Å². The fourth-order valence-electron chi connectivity index (χ4n) is 2.27. The van der Waals surface area contributed by atoms with Crippen LogP contribution >= 0.6 is 27.3 Å². The van der Waals surface area contributed by atoms with Gasteiger partial charge in [0.25, 0.3) is 0 Å². The molecule has 0 radical (unpaired) electrons. The fraction of sp³-hybridized carbons (Fsp3) is 0.250. The average molecular weight is 362 g/mol. The molecule has 0 aliphatic rings. The van der Waals surface area contributed by atoms with Gasteiger partial charge in [-0.3, -0.25) is 4.98 Å². The Labute approximate surface area is 136 Å². The number of aryl methyl sites for hydroxylation is 1. The van der Waals surface area contributed by atoms with Gasteiger partial charge in [0.15, 0.2) is 0 Å². The minimum Gasteiger partial charge on any atom is -0.312 e. The van der Waals surface area contributed by atoms with Crippen molar-refractivity contribution in [3.8, 4) is 0 Å². The van der Waals surface area contributed by atoms with Crippen LogP contribution in [-0.2, 0) is 13.0 Å². The SMILES string of the molecule is Cc1csc(CCNCc2ccc(Br)c3cccnc23)n1. The largest absolute Gasteiger partial charge is 0.312 e. The minimum absolute atomic E-state index is 0.825. The summed E-state index contributed by atoms with van der Waals surface area (Å²) in [5.74, 6) is 0. The molecule has 108 valence electrons. The normalized spacial score (nSPS) is 11.1. The average Bonchev–Trinajstić information content (AvgIpc) is 2.91. The summed E-state index contributed by atoms with van der Waals surface area (Å²) < 4.78 is 1.09. The highest BCUT2D eigenvalue weighted by Crippen LogP contribution is 2.25. The zero-order chi connectivity index (χ0) is 14.7. The Hall–Kier alpha value is -1.30. The molecule has 0 unspecified atom stereocenters. The maximum Gasteiger partial charge on any atom is 0.0940 e. The first-order valence-corrected chi connectivity index (χ1v) is 8.55. The van der Waals surface area contributed by atoms with E-state index in [1.165, 1.54) is 10.6 Å². The number of halogens is 1. The molecule has 0 aliphatic carbocycles. The molecule has 5 heteroatoms. The van der Waals surface area contributed by atoms with Crippen LogP contribution in [0.2, 0.25) is 0 Å². The summed E-state index contributed by atoms with van der Waals surface area (Å²) in [6.45, 7) is 3.79. The Morgan fingerprint density at radius 2 is 2.19 bits per heavy atom. The maximum atomic E-state index is 4.50. The van der Waals surface area contributed by atoms with Crippen LogP contribution in [0.15, 0.2) is 40.3 Å². The highest BCUT2D eigenvalue weighted by atomic mass is 79.9. The predicted molar refractivity (Wildman–Crippen MR) is 91.7 cm³/mol. The Bertz CT molecular complexity index is 754. The number of nitrogens with one attached hydrogen (secondary N) is 1. The van der Waals surface area contributed by atoms with Gasteiger partial charge in [0.2, 0.25) is 0 Å². The van der Waals surface area contributed by atoms with Crippen molar-refractivity contribution in [1.29, 1.82) is 0 Å². The number of hydrogen-bond acceptors (Lipinski definition) is 4. The molecule has 0 amide bonds. The molecule has 0 aliphatic heterocycles. The third-order valence-electron chi connectivity index (χ3n) is 3.30. The molecular weight excluding hydrogens is 346 g/mol. The molecule has 0 saturated carbocycles. The maximum absolute atomic E-state index is 4.50. The van der Waals surface area contributed by atoms with E-state index in [9.17, 15) is 0 Å². The van der Waals surface area contributed by atoms with Crippen LogP contribution in [0.1, 0.15) is 16.3 Å². The van der Waals surface area contributed by atoms with E-state index in [1.807, 2.05) is 19.2 Å². The van der Waals surface area contributed by atoms with Crippen molar-refractivity contribution in [3.05, 3.63) is 56.6 Å². The van der Waals surface area contributed by atoms with Crippen molar-refractivity contribution in [2.24, 2.45) is 0 Å². The highest BCUT2D eigenvalue weighted by molar-refractivity contribution is 9.10. The van der Waals surface area contributed by atoms with Crippen LogP contribution in [0.4, 0.5) is 0 Å². The van der Waals surface area contributed by atoms with Gasteiger partial charge in [-0.05, 0) is 24.6 Å². The molecule has 0 bridgehead atoms. The van der Waals surface area contributed by atoms with Crippen LogP contribution in [0, 0.1) is 6.92 Å². The van der Waals surface area contributed by atoms with Gasteiger partial charge in [-0.2, -0.15) is 0 Å². The molecule has 2 aromatic heterocycles. The van der Waals surface area contributed by atoms with E-state index in [0.717, 1.165) is 40.6 Å². The molecule has 0 saturated heterocycles. The Kier molecular flexibility index (Phi) is 4.63. The molecule has 3 rings (SSSR count). The summed E-state index contributed by atoms with van der Waals surface area (Å²) in [5.41, 5.74) is 3.40. The number of pyridine rings is 1. The highest BCUT2D eigenvalue weighted by Gasteiger charge is 2.05. The molecular formula is C16H16BrN3S. The van der Waals surface area contributed by atoms with E-state index in [2.05, 4.69) is 54.8 Å². The first-order valence-electron chi connectivity index (χ1n) is 6.88. The molecule has 1 N–H and O–H groups in total. The summed E-state index contributed by atoms with van der Waals surface area (Å²) in [4.78, 5) is 8.98. The molecule has 21 heavy (non-hydrogen) atoms. The summed E-state index contributed by atoms with van der Waals surface area (Å²) >= 11 is 5.31. The zero-order valence-corrected chi connectivity index (χ0v) is 14.2. The minimum atomic E-state index is 0.825. The molecule has 3 aromatic rings. The van der Waals surface area contributed by atoms with Crippen LogP contribution in [0.25, 0.3) is 10.9 Å². The van der Waals surface area contributed by atoms with Crippen LogP contribution < -0.4 is 5.32 Å². The van der Waals surface area contributed by atoms with Crippen molar-refractivity contribution in [3.63, 3.8) is 0 Å². The number of thiazole rings is 1. The monoisotopic (exact) mass is 361 g/mol. The first kappa shape index (κ1) is 14.6. The predicted octanol–water partition coefficient (Wildman–Crippen LogP) is 4.09. The van der Waals surface area contributed by atoms with E-state index in [0.29, 0.717) is 0 Å². The second kappa shape index (κ2) is 6.64. The lowest BCUT2D eigenvalue weighted by atomic mass is 10.1. The summed E-state index contributed by atoms with van der Waals surface area (Å²) in [6, 6.07) is 8.27. The zero-order valence-electron chi connectivity index (χ0n) is 11.8. The van der Waals surface area contributed by atoms with Crippen LogP contribution in [0.3, 0.4) is 0 Å². The van der Waals surface area contributed by atoms with Crippen LogP contribution in [-0.4, -0.2) is 16.5 Å². The van der Waals surface area contributed by atoms with Crippen molar-refractivity contribution in [1.82, 2.24) is 15.3 Å². The van der Waals surface area contributed by atoms with Gasteiger partial charge >= 0.3 is 0 Å². The van der Waals surface area contributed by atoms with E-state index in [-0.39, 0.29) is 0 Å². The van der Waals surface area contributed by atoms with Crippen molar-refractivity contribution in [2.45, 2.75) is 19.9 Å². The topological polar surface area (TPSA) is 37.8 Å². The molecule has 0 spiro atoms. The Balaban J connectivity index is 1.64. The molecule has 2 heterocycles. The van der Waals surface area contributed by atoms with E-state index in [4.69, 9.17) is 0 Å². The van der Waals surface area contributed by atoms with Crippen molar-refractivity contribution >= 4 is 38.2 Å². The number of aromatic nitrogens is 2. The van der Waals surface area contributed by atoms with Gasteiger partial charge in [0.1, 0.15) is 0 Å². The number of fused-ring (bicyclic) bond motifs is 1. The molecule has 3 nitrogen and oxygen atoms in total. The van der Waals surface area contributed by atoms with Crippen LogP contribution in [0.5, 0.6) is 0 Å². The van der Waals surface area contributed by atoms with Gasteiger partial charge < -0.3 is 5.32 Å². The molecule has 1 aromatic carbocycles. The standard InChI is InChI=1S/C16H16BrN3S/c1-11-10-21-15(20-11)6-8-18-9-12-4-5-14(17)13-3-2-7-19-16(12)13/h2-5,7,10,18H,6,8-9H2,1H3. The summed E-state index contributed by atoms with van der Waals surface area (Å²) in [7, 11) is 0. The Morgan fingerprint density at radius 1 is 1.29 bits per heavy atom. The van der Waals surface area contributed by atoms with Gasteiger partial charge in [0.05, 0.1) is 10.5 Å². The lowest BCUT2D eigenvalue weighted by Crippen LogP contribution is -2.17. The van der Waals surface area contributed by atoms with E-state index >= 15 is 0 Å². The quantitative estimate of drug-likeness (QED) is 0.695. The van der Waals surface area contributed by atoms with Gasteiger partial charge in [-0.1, -0.05) is 28.1 Å². The third-order valence-corrected chi connectivity index (χ3v) is 5.02. The lowest BCUT2D eigenvalue weighted by Gasteiger charge is -2.08.